The number of amides is 1. The number of imidazole rings is 1. The molecule has 2 aliphatic heterocycles. The predicted molar refractivity (Wildman–Crippen MR) is 121 cm³/mol. The highest BCUT2D eigenvalue weighted by Gasteiger charge is 2.31. The Morgan fingerprint density at radius 3 is 2.30 bits per heavy atom. The molecule has 0 atom stereocenters. The summed E-state index contributed by atoms with van der Waals surface area (Å²) >= 11 is 5.99. The van der Waals surface area contributed by atoms with Crippen molar-refractivity contribution in [3.05, 3.63) is 53.6 Å². The third-order valence-corrected chi connectivity index (χ3v) is 6.56. The summed E-state index contributed by atoms with van der Waals surface area (Å²) in [6.45, 7) is 5.02. The van der Waals surface area contributed by atoms with Crippen LogP contribution in [-0.2, 0) is 4.79 Å². The number of H-pyrrole nitrogens is 1. The Morgan fingerprint density at radius 2 is 1.60 bits per heavy atom. The van der Waals surface area contributed by atoms with Gasteiger partial charge in [0.25, 0.3) is 0 Å². The predicted octanol–water partition coefficient (Wildman–Crippen LogP) is 3.78. The van der Waals surface area contributed by atoms with Crippen molar-refractivity contribution in [1.82, 2.24) is 14.9 Å². The van der Waals surface area contributed by atoms with E-state index in [4.69, 9.17) is 16.6 Å². The molecule has 3 aromatic rings. The molecular weight excluding hydrogens is 398 g/mol. The number of anilines is 2. The Hall–Kier alpha value is -2.73. The summed E-state index contributed by atoms with van der Waals surface area (Å²) in [5.41, 5.74) is 3.22. The maximum Gasteiger partial charge on any atom is 0.225 e. The summed E-state index contributed by atoms with van der Waals surface area (Å²) in [4.78, 5) is 27.8. The summed E-state index contributed by atoms with van der Waals surface area (Å²) in [7, 11) is 0. The van der Waals surface area contributed by atoms with Gasteiger partial charge in [-0.2, -0.15) is 0 Å². The molecule has 2 aliphatic rings. The molecule has 5 rings (SSSR count). The Labute approximate surface area is 181 Å². The number of nitrogens with zero attached hydrogens (tertiary/aromatic N) is 4. The van der Waals surface area contributed by atoms with Crippen molar-refractivity contribution in [1.29, 1.82) is 0 Å². The zero-order valence-corrected chi connectivity index (χ0v) is 17.7. The van der Waals surface area contributed by atoms with Crippen LogP contribution < -0.4 is 9.80 Å². The van der Waals surface area contributed by atoms with E-state index in [1.54, 1.807) is 0 Å². The molecule has 3 heterocycles. The zero-order valence-electron chi connectivity index (χ0n) is 16.9. The van der Waals surface area contributed by atoms with E-state index in [0.29, 0.717) is 5.91 Å². The molecule has 0 radical (unpaired) electrons. The van der Waals surface area contributed by atoms with Crippen molar-refractivity contribution in [2.45, 2.75) is 12.8 Å². The van der Waals surface area contributed by atoms with E-state index in [2.05, 4.69) is 14.8 Å². The number of rotatable bonds is 3. The van der Waals surface area contributed by atoms with Crippen LogP contribution in [0.1, 0.15) is 12.8 Å². The number of piperazine rings is 1. The molecule has 0 spiro atoms. The summed E-state index contributed by atoms with van der Waals surface area (Å²) in [5.74, 6) is 1.35. The van der Waals surface area contributed by atoms with Gasteiger partial charge in [0.15, 0.2) is 0 Å². The average molecular weight is 424 g/mol. The summed E-state index contributed by atoms with van der Waals surface area (Å²) < 4.78 is 0. The van der Waals surface area contributed by atoms with E-state index in [9.17, 15) is 4.79 Å². The molecule has 156 valence electrons. The number of hydrogen-bond donors (Lipinski definition) is 1. The van der Waals surface area contributed by atoms with E-state index < -0.39 is 0 Å². The van der Waals surface area contributed by atoms with Gasteiger partial charge in [0.1, 0.15) is 0 Å². The van der Waals surface area contributed by atoms with E-state index >= 15 is 0 Å². The molecule has 0 aliphatic carbocycles. The van der Waals surface area contributed by atoms with Gasteiger partial charge in [0.05, 0.1) is 11.0 Å². The molecular formula is C23H26ClN5O. The number of para-hydroxylation sites is 2. The normalized spacial score (nSPS) is 18.2. The first-order valence-corrected chi connectivity index (χ1v) is 11.0. The molecule has 1 aromatic heterocycles. The van der Waals surface area contributed by atoms with Crippen molar-refractivity contribution < 1.29 is 4.79 Å². The molecule has 0 saturated carbocycles. The number of aromatic amines is 1. The van der Waals surface area contributed by atoms with Gasteiger partial charge in [-0.25, -0.2) is 4.98 Å². The number of hydrogen-bond acceptors (Lipinski definition) is 4. The Balaban J connectivity index is 1.15. The number of aromatic nitrogens is 2. The van der Waals surface area contributed by atoms with Crippen LogP contribution in [0, 0.1) is 5.92 Å². The van der Waals surface area contributed by atoms with Gasteiger partial charge >= 0.3 is 0 Å². The van der Waals surface area contributed by atoms with Crippen LogP contribution in [-0.4, -0.2) is 60.0 Å². The lowest BCUT2D eigenvalue weighted by Crippen LogP contribution is -2.51. The lowest BCUT2D eigenvalue weighted by Gasteiger charge is -2.39. The fraction of sp³-hybridized carbons (Fsp3) is 0.391. The SMILES string of the molecule is O=C(C1CCN(c2nc3ccccc3[nH]2)CC1)N1CCN(c2ccc(Cl)cc2)CC1. The topological polar surface area (TPSA) is 55.5 Å². The molecule has 2 saturated heterocycles. The first-order valence-electron chi connectivity index (χ1n) is 10.7. The molecule has 0 unspecified atom stereocenters. The third kappa shape index (κ3) is 3.84. The minimum Gasteiger partial charge on any atom is -0.368 e. The van der Waals surface area contributed by atoms with E-state index in [1.165, 1.54) is 5.69 Å². The number of fused-ring (bicyclic) bond motifs is 1. The minimum absolute atomic E-state index is 0.118. The number of carbonyl (C=O) groups excluding carboxylic acids is 1. The Bertz CT molecular complexity index is 985. The minimum atomic E-state index is 0.118. The number of carbonyl (C=O) groups is 1. The average Bonchev–Trinajstić information content (AvgIpc) is 3.24. The molecule has 1 amide bonds. The maximum absolute atomic E-state index is 13.1. The standard InChI is InChI=1S/C23H26ClN5O/c24-18-5-7-19(8-6-18)27-13-15-28(16-14-27)22(30)17-9-11-29(12-10-17)23-25-20-3-1-2-4-21(20)26-23/h1-8,17H,9-16H2,(H,25,26). The van der Waals surface area contributed by atoms with Crippen LogP contribution in [0.15, 0.2) is 48.5 Å². The van der Waals surface area contributed by atoms with Crippen LogP contribution in [0.4, 0.5) is 11.6 Å². The van der Waals surface area contributed by atoms with Crippen molar-refractivity contribution >= 4 is 40.2 Å². The number of nitrogens with one attached hydrogen (secondary N) is 1. The highest BCUT2D eigenvalue weighted by molar-refractivity contribution is 6.30. The quantitative estimate of drug-likeness (QED) is 0.696. The van der Waals surface area contributed by atoms with Crippen LogP contribution >= 0.6 is 11.6 Å². The van der Waals surface area contributed by atoms with Crippen LogP contribution in [0.25, 0.3) is 11.0 Å². The van der Waals surface area contributed by atoms with Gasteiger partial charge in [-0.15, -0.1) is 0 Å². The highest BCUT2D eigenvalue weighted by Crippen LogP contribution is 2.26. The Kier molecular flexibility index (Phi) is 5.25. The third-order valence-electron chi connectivity index (χ3n) is 6.30. The van der Waals surface area contributed by atoms with Gasteiger partial charge in [-0.1, -0.05) is 23.7 Å². The summed E-state index contributed by atoms with van der Waals surface area (Å²) in [5, 5.41) is 0.751. The van der Waals surface area contributed by atoms with Gasteiger partial charge in [0.2, 0.25) is 11.9 Å². The number of halogens is 1. The van der Waals surface area contributed by atoms with Gasteiger partial charge in [-0.05, 0) is 49.2 Å². The molecule has 2 fully saturated rings. The molecule has 7 heteroatoms. The molecule has 30 heavy (non-hydrogen) atoms. The second kappa shape index (κ2) is 8.19. The van der Waals surface area contributed by atoms with Gasteiger partial charge in [0, 0.05) is 55.9 Å². The van der Waals surface area contributed by atoms with Crippen LogP contribution in [0.2, 0.25) is 5.02 Å². The summed E-state index contributed by atoms with van der Waals surface area (Å²) in [6.07, 6.45) is 1.76. The fourth-order valence-corrected chi connectivity index (χ4v) is 4.65. The van der Waals surface area contributed by atoms with Gasteiger partial charge in [-0.3, -0.25) is 4.79 Å². The van der Waals surface area contributed by atoms with Crippen LogP contribution in [0.3, 0.4) is 0 Å². The number of piperidine rings is 1. The smallest absolute Gasteiger partial charge is 0.225 e. The number of benzene rings is 2. The lowest BCUT2D eigenvalue weighted by atomic mass is 9.95. The van der Waals surface area contributed by atoms with Crippen molar-refractivity contribution in [3.8, 4) is 0 Å². The lowest BCUT2D eigenvalue weighted by molar-refractivity contribution is -0.136. The Morgan fingerprint density at radius 1 is 0.900 bits per heavy atom. The molecule has 0 bridgehead atoms. The van der Waals surface area contributed by atoms with Crippen molar-refractivity contribution in [2.75, 3.05) is 49.1 Å². The van der Waals surface area contributed by atoms with Crippen molar-refractivity contribution in [2.24, 2.45) is 5.92 Å². The highest BCUT2D eigenvalue weighted by atomic mass is 35.5. The van der Waals surface area contributed by atoms with E-state index in [0.717, 1.165) is 74.1 Å². The van der Waals surface area contributed by atoms with E-state index in [-0.39, 0.29) is 5.92 Å². The zero-order chi connectivity index (χ0) is 20.5. The maximum atomic E-state index is 13.1. The second-order valence-electron chi connectivity index (χ2n) is 8.13. The fourth-order valence-electron chi connectivity index (χ4n) is 4.52. The largest absolute Gasteiger partial charge is 0.368 e. The second-order valence-corrected chi connectivity index (χ2v) is 8.56. The van der Waals surface area contributed by atoms with Gasteiger partial charge < -0.3 is 19.7 Å². The van der Waals surface area contributed by atoms with Crippen LogP contribution in [0.5, 0.6) is 0 Å². The summed E-state index contributed by atoms with van der Waals surface area (Å²) in [6, 6.07) is 16.0. The first kappa shape index (κ1) is 19.2. The molecule has 6 nitrogen and oxygen atoms in total. The monoisotopic (exact) mass is 423 g/mol. The van der Waals surface area contributed by atoms with E-state index in [1.807, 2.05) is 53.4 Å². The van der Waals surface area contributed by atoms with Crippen molar-refractivity contribution in [3.63, 3.8) is 0 Å². The first-order chi connectivity index (χ1) is 14.7. The molecule has 1 N–H and O–H groups in total. The molecule has 2 aromatic carbocycles.